The Morgan fingerprint density at radius 3 is 2.18 bits per heavy atom. The highest BCUT2D eigenvalue weighted by atomic mass is 32.1. The molecule has 0 saturated heterocycles. The molecule has 0 saturated carbocycles. The van der Waals surface area contributed by atoms with Crippen LogP contribution in [0.5, 0.6) is 0 Å². The van der Waals surface area contributed by atoms with Crippen LogP contribution in [-0.2, 0) is 23.9 Å². The molecule has 0 aliphatic carbocycles. The maximum absolute atomic E-state index is 13.3. The predicted molar refractivity (Wildman–Crippen MR) is 133 cm³/mol. The van der Waals surface area contributed by atoms with Crippen molar-refractivity contribution in [3.8, 4) is 0 Å². The van der Waals surface area contributed by atoms with Crippen LogP contribution < -0.4 is 10.6 Å². The number of likely N-dealkylation sites (N-methyl/N-ethyl adjacent to an activating group) is 1. The van der Waals surface area contributed by atoms with Crippen molar-refractivity contribution in [2.45, 2.75) is 65.6 Å². The van der Waals surface area contributed by atoms with E-state index in [4.69, 9.17) is 9.47 Å². The highest BCUT2D eigenvalue weighted by Gasteiger charge is 2.33. The monoisotopic (exact) mass is 495 g/mol. The van der Waals surface area contributed by atoms with Gasteiger partial charge >= 0.3 is 12.1 Å². The van der Waals surface area contributed by atoms with Crippen molar-refractivity contribution < 1.29 is 28.7 Å². The second kappa shape index (κ2) is 13.2. The van der Waals surface area contributed by atoms with Crippen LogP contribution >= 0.6 is 12.6 Å². The van der Waals surface area contributed by atoms with Crippen molar-refractivity contribution >= 4 is 36.5 Å². The highest BCUT2D eigenvalue weighted by molar-refractivity contribution is 7.80. The summed E-state index contributed by atoms with van der Waals surface area (Å²) in [6, 6.07) is 3.61. The van der Waals surface area contributed by atoms with E-state index in [1.165, 1.54) is 11.9 Å². The SMILES string of the molecule is CCOC(=O)CCNC(=O)C(c1cc(C)cc(C)c1)N(C)C(=O)C(CS)NC(=O)OC(C)(C)C. The molecule has 2 atom stereocenters. The van der Waals surface area contributed by atoms with Gasteiger partial charge in [-0.05, 0) is 47.1 Å². The van der Waals surface area contributed by atoms with Gasteiger partial charge in [0.05, 0.1) is 13.0 Å². The van der Waals surface area contributed by atoms with Crippen LogP contribution in [0.3, 0.4) is 0 Å². The van der Waals surface area contributed by atoms with Crippen LogP contribution in [0.15, 0.2) is 18.2 Å². The van der Waals surface area contributed by atoms with Crippen molar-refractivity contribution in [1.82, 2.24) is 15.5 Å². The number of amides is 3. The summed E-state index contributed by atoms with van der Waals surface area (Å²) in [5.74, 6) is -1.38. The number of esters is 1. The molecule has 10 heteroatoms. The maximum Gasteiger partial charge on any atom is 0.408 e. The minimum atomic E-state index is -1.01. The average Bonchev–Trinajstić information content (AvgIpc) is 2.69. The lowest BCUT2D eigenvalue weighted by Crippen LogP contribution is -2.52. The predicted octanol–water partition coefficient (Wildman–Crippen LogP) is 2.70. The van der Waals surface area contributed by atoms with E-state index in [0.29, 0.717) is 5.56 Å². The first-order valence-electron chi connectivity index (χ1n) is 11.2. The Bertz CT molecular complexity index is 864. The molecule has 0 fully saturated rings. The van der Waals surface area contributed by atoms with E-state index in [1.54, 1.807) is 27.7 Å². The van der Waals surface area contributed by atoms with Gasteiger partial charge in [0, 0.05) is 19.3 Å². The van der Waals surface area contributed by atoms with Gasteiger partial charge in [-0.1, -0.05) is 29.3 Å². The van der Waals surface area contributed by atoms with E-state index < -0.39 is 41.6 Å². The number of ether oxygens (including phenoxy) is 2. The molecule has 190 valence electrons. The number of thiol groups is 1. The van der Waals surface area contributed by atoms with E-state index >= 15 is 0 Å². The minimum absolute atomic E-state index is 0.00641. The van der Waals surface area contributed by atoms with Crippen LogP contribution in [0.1, 0.15) is 56.8 Å². The van der Waals surface area contributed by atoms with Crippen molar-refractivity contribution in [3.05, 3.63) is 34.9 Å². The highest BCUT2D eigenvalue weighted by Crippen LogP contribution is 2.24. The fourth-order valence-electron chi connectivity index (χ4n) is 3.34. The quantitative estimate of drug-likeness (QED) is 0.340. The number of carbonyl (C=O) groups is 4. The summed E-state index contributed by atoms with van der Waals surface area (Å²) in [6.07, 6.45) is -0.744. The number of alkyl carbamates (subject to hydrolysis) is 1. The molecule has 34 heavy (non-hydrogen) atoms. The van der Waals surface area contributed by atoms with Crippen LogP contribution in [0.4, 0.5) is 4.79 Å². The topological polar surface area (TPSA) is 114 Å². The fraction of sp³-hybridized carbons (Fsp3) is 0.583. The van der Waals surface area contributed by atoms with Crippen molar-refractivity contribution in [2.75, 3.05) is 26.0 Å². The molecule has 2 N–H and O–H groups in total. The van der Waals surface area contributed by atoms with Gasteiger partial charge in [-0.3, -0.25) is 14.4 Å². The number of nitrogens with zero attached hydrogens (tertiary/aromatic N) is 1. The molecule has 0 aliphatic heterocycles. The number of carbonyl (C=O) groups excluding carboxylic acids is 4. The Labute approximate surface area is 207 Å². The summed E-state index contributed by atoms with van der Waals surface area (Å²) < 4.78 is 10.1. The molecule has 3 amide bonds. The second-order valence-corrected chi connectivity index (χ2v) is 9.37. The number of nitrogens with one attached hydrogen (secondary N) is 2. The summed E-state index contributed by atoms with van der Waals surface area (Å²) in [5, 5.41) is 5.23. The third kappa shape index (κ3) is 9.62. The van der Waals surface area contributed by atoms with Gasteiger partial charge < -0.3 is 25.0 Å². The second-order valence-electron chi connectivity index (χ2n) is 9.00. The van der Waals surface area contributed by atoms with Crippen molar-refractivity contribution in [1.29, 1.82) is 0 Å². The van der Waals surface area contributed by atoms with Crippen LogP contribution in [0, 0.1) is 13.8 Å². The molecule has 0 aliphatic rings. The molecule has 1 aromatic rings. The molecule has 0 heterocycles. The van der Waals surface area contributed by atoms with Crippen LogP contribution in [0.25, 0.3) is 0 Å². The third-order valence-corrected chi connectivity index (χ3v) is 5.01. The van der Waals surface area contributed by atoms with Gasteiger partial charge in [0.15, 0.2) is 0 Å². The first kappa shape index (κ1) is 29.3. The fourth-order valence-corrected chi connectivity index (χ4v) is 3.59. The lowest BCUT2D eigenvalue weighted by molar-refractivity contribution is -0.143. The molecule has 0 aromatic heterocycles. The largest absolute Gasteiger partial charge is 0.466 e. The normalized spacial score (nSPS) is 12.8. The molecule has 1 aromatic carbocycles. The van der Waals surface area contributed by atoms with Crippen LogP contribution in [-0.4, -0.2) is 66.4 Å². The summed E-state index contributed by atoms with van der Waals surface area (Å²) in [6.45, 7) is 11.0. The van der Waals surface area contributed by atoms with Crippen LogP contribution in [0.2, 0.25) is 0 Å². The van der Waals surface area contributed by atoms with Crippen molar-refractivity contribution in [2.24, 2.45) is 0 Å². The average molecular weight is 496 g/mol. The first-order valence-corrected chi connectivity index (χ1v) is 11.8. The molecule has 0 radical (unpaired) electrons. The molecule has 0 spiro atoms. The number of hydrogen-bond donors (Lipinski definition) is 3. The zero-order chi connectivity index (χ0) is 26.1. The molecule has 1 rings (SSSR count). The Morgan fingerprint density at radius 1 is 1.09 bits per heavy atom. The minimum Gasteiger partial charge on any atom is -0.466 e. The van der Waals surface area contributed by atoms with Gasteiger partial charge in [-0.2, -0.15) is 12.6 Å². The maximum atomic E-state index is 13.3. The van der Waals surface area contributed by atoms with Gasteiger partial charge in [0.1, 0.15) is 17.7 Å². The number of aryl methyl sites for hydroxylation is 2. The molecule has 2 unspecified atom stereocenters. The summed E-state index contributed by atoms with van der Waals surface area (Å²) in [7, 11) is 1.49. The van der Waals surface area contributed by atoms with E-state index in [9.17, 15) is 19.2 Å². The molecular formula is C24H37N3O6S. The third-order valence-electron chi connectivity index (χ3n) is 4.65. The zero-order valence-electron chi connectivity index (χ0n) is 21.1. The Hall–Kier alpha value is -2.75. The molecule has 0 bridgehead atoms. The van der Waals surface area contributed by atoms with Gasteiger partial charge in [-0.25, -0.2) is 4.79 Å². The van der Waals surface area contributed by atoms with E-state index in [-0.39, 0.29) is 25.3 Å². The lowest BCUT2D eigenvalue weighted by Gasteiger charge is -2.31. The Balaban J connectivity index is 3.14. The Morgan fingerprint density at radius 2 is 1.68 bits per heavy atom. The number of benzene rings is 1. The summed E-state index contributed by atoms with van der Waals surface area (Å²) >= 11 is 4.20. The number of rotatable bonds is 10. The summed E-state index contributed by atoms with van der Waals surface area (Å²) in [5.41, 5.74) is 1.73. The van der Waals surface area contributed by atoms with Gasteiger partial charge in [-0.15, -0.1) is 0 Å². The lowest BCUT2D eigenvalue weighted by atomic mass is 9.99. The van der Waals surface area contributed by atoms with E-state index in [2.05, 4.69) is 23.3 Å². The first-order chi connectivity index (χ1) is 15.8. The number of hydrogen-bond acceptors (Lipinski definition) is 7. The van der Waals surface area contributed by atoms with Crippen molar-refractivity contribution in [3.63, 3.8) is 0 Å². The zero-order valence-corrected chi connectivity index (χ0v) is 22.0. The molecular weight excluding hydrogens is 458 g/mol. The van der Waals surface area contributed by atoms with Gasteiger partial charge in [0.25, 0.3) is 0 Å². The molecule has 9 nitrogen and oxygen atoms in total. The smallest absolute Gasteiger partial charge is 0.408 e. The Kier molecular flexibility index (Phi) is 11.4. The summed E-state index contributed by atoms with van der Waals surface area (Å²) in [4.78, 5) is 51.6. The van der Waals surface area contributed by atoms with Gasteiger partial charge in [0.2, 0.25) is 11.8 Å². The standard InChI is InChI=1S/C24H37N3O6S/c1-8-32-19(28)9-10-25-21(29)20(17-12-15(2)11-16(3)13-17)27(7)22(30)18(14-34)26-23(31)33-24(4,5)6/h11-13,18,20,34H,8-10,14H2,1-7H3,(H,25,29)(H,26,31). The van der Waals surface area contributed by atoms with E-state index in [0.717, 1.165) is 11.1 Å². The van der Waals surface area contributed by atoms with E-state index in [1.807, 2.05) is 32.0 Å².